The van der Waals surface area contributed by atoms with Crippen LogP contribution in [-0.4, -0.2) is 36.1 Å². The van der Waals surface area contributed by atoms with Crippen LogP contribution in [0.5, 0.6) is 0 Å². The molecule has 0 aliphatic heterocycles. The number of hydrogen-bond donors (Lipinski definition) is 2. The molecule has 0 fully saturated rings. The molecule has 0 saturated carbocycles. The van der Waals surface area contributed by atoms with E-state index >= 15 is 0 Å². The summed E-state index contributed by atoms with van der Waals surface area (Å²) in [6.45, 7) is 5.44. The molecular formula is C10H21NO4. The first-order chi connectivity index (χ1) is 6.85. The highest BCUT2D eigenvalue weighted by atomic mass is 16.7. The van der Waals surface area contributed by atoms with Gasteiger partial charge >= 0.3 is 6.16 Å². The van der Waals surface area contributed by atoms with E-state index in [1.165, 1.54) is 0 Å². The standard InChI is InChI=1S/C10H21NO4/c1-5-8(14-4)10(3,6-7(2)11)15-9(12)13/h7-8H,5-6,11H2,1-4H3,(H,12,13)/t7-,8?,10+/m1/s1. The topological polar surface area (TPSA) is 81.8 Å². The van der Waals surface area contributed by atoms with Crippen molar-refractivity contribution < 1.29 is 19.4 Å². The molecular weight excluding hydrogens is 198 g/mol. The van der Waals surface area contributed by atoms with Gasteiger partial charge in [0.25, 0.3) is 0 Å². The van der Waals surface area contributed by atoms with E-state index in [4.69, 9.17) is 20.3 Å². The maximum atomic E-state index is 10.6. The van der Waals surface area contributed by atoms with Crippen molar-refractivity contribution in [1.82, 2.24) is 0 Å². The maximum Gasteiger partial charge on any atom is 0.506 e. The highest BCUT2D eigenvalue weighted by Gasteiger charge is 2.38. The van der Waals surface area contributed by atoms with Crippen molar-refractivity contribution in [1.29, 1.82) is 0 Å². The Kier molecular flexibility index (Phi) is 5.60. The molecule has 0 radical (unpaired) electrons. The number of nitrogens with two attached hydrogens (primary N) is 1. The number of ether oxygens (including phenoxy) is 2. The molecule has 5 nitrogen and oxygen atoms in total. The summed E-state index contributed by atoms with van der Waals surface area (Å²) in [6, 6.07) is -0.140. The summed E-state index contributed by atoms with van der Waals surface area (Å²) in [4.78, 5) is 10.6. The van der Waals surface area contributed by atoms with Crippen LogP contribution in [-0.2, 0) is 9.47 Å². The lowest BCUT2D eigenvalue weighted by atomic mass is 9.90. The zero-order valence-electron chi connectivity index (χ0n) is 9.82. The van der Waals surface area contributed by atoms with Gasteiger partial charge in [0, 0.05) is 19.6 Å². The predicted octanol–water partition coefficient (Wildman–Crippen LogP) is 1.60. The molecule has 0 aromatic rings. The minimum Gasteiger partial charge on any atom is -0.450 e. The van der Waals surface area contributed by atoms with Crippen LogP contribution in [0.15, 0.2) is 0 Å². The van der Waals surface area contributed by atoms with Gasteiger partial charge in [-0.2, -0.15) is 0 Å². The molecule has 3 atom stereocenters. The lowest BCUT2D eigenvalue weighted by Gasteiger charge is -2.35. The van der Waals surface area contributed by atoms with E-state index in [0.717, 1.165) is 0 Å². The van der Waals surface area contributed by atoms with Crippen LogP contribution < -0.4 is 5.73 Å². The van der Waals surface area contributed by atoms with E-state index in [1.54, 1.807) is 14.0 Å². The van der Waals surface area contributed by atoms with Crippen LogP contribution in [0.2, 0.25) is 0 Å². The summed E-state index contributed by atoms with van der Waals surface area (Å²) < 4.78 is 10.1. The zero-order chi connectivity index (χ0) is 12.1. The summed E-state index contributed by atoms with van der Waals surface area (Å²) >= 11 is 0. The van der Waals surface area contributed by atoms with Crippen molar-refractivity contribution in [2.45, 2.75) is 51.4 Å². The Morgan fingerprint density at radius 1 is 1.60 bits per heavy atom. The van der Waals surface area contributed by atoms with E-state index in [0.29, 0.717) is 12.8 Å². The van der Waals surface area contributed by atoms with Gasteiger partial charge in [-0.1, -0.05) is 6.92 Å². The molecule has 0 saturated heterocycles. The smallest absolute Gasteiger partial charge is 0.450 e. The molecule has 0 rings (SSSR count). The SMILES string of the molecule is CCC(OC)[C@](C)(C[C@@H](C)N)OC(=O)O. The number of rotatable bonds is 6. The molecule has 0 spiro atoms. The summed E-state index contributed by atoms with van der Waals surface area (Å²) in [6.07, 6.45) is -0.466. The Hall–Kier alpha value is -0.810. The van der Waals surface area contributed by atoms with E-state index in [1.807, 2.05) is 13.8 Å². The molecule has 90 valence electrons. The van der Waals surface area contributed by atoms with Crippen molar-refractivity contribution in [3.05, 3.63) is 0 Å². The normalized spacial score (nSPS) is 19.0. The van der Waals surface area contributed by atoms with Gasteiger partial charge in [-0.15, -0.1) is 0 Å². The molecule has 1 unspecified atom stereocenters. The molecule has 15 heavy (non-hydrogen) atoms. The summed E-state index contributed by atoms with van der Waals surface area (Å²) in [5, 5.41) is 8.68. The third kappa shape index (κ3) is 4.48. The Labute approximate surface area is 90.5 Å². The third-order valence-electron chi connectivity index (χ3n) is 2.38. The second kappa shape index (κ2) is 5.92. The van der Waals surface area contributed by atoms with E-state index < -0.39 is 11.8 Å². The maximum absolute atomic E-state index is 10.6. The highest BCUT2D eigenvalue weighted by molar-refractivity contribution is 5.57. The summed E-state index contributed by atoms with van der Waals surface area (Å²) in [7, 11) is 1.54. The monoisotopic (exact) mass is 219 g/mol. The molecule has 0 amide bonds. The van der Waals surface area contributed by atoms with Gasteiger partial charge in [0.1, 0.15) is 5.60 Å². The number of carbonyl (C=O) groups is 1. The fourth-order valence-electron chi connectivity index (χ4n) is 1.93. The molecule has 0 aliphatic rings. The van der Waals surface area contributed by atoms with Crippen LogP contribution in [0, 0.1) is 0 Å². The van der Waals surface area contributed by atoms with Crippen LogP contribution in [0.1, 0.15) is 33.6 Å². The molecule has 0 bridgehead atoms. The Morgan fingerprint density at radius 3 is 2.40 bits per heavy atom. The minimum absolute atomic E-state index is 0.140. The first kappa shape index (κ1) is 14.2. The largest absolute Gasteiger partial charge is 0.506 e. The van der Waals surface area contributed by atoms with E-state index in [2.05, 4.69) is 0 Å². The quantitative estimate of drug-likeness (QED) is 0.663. The predicted molar refractivity (Wildman–Crippen MR) is 56.9 cm³/mol. The number of carboxylic acid groups (broad SMARTS) is 1. The van der Waals surface area contributed by atoms with Crippen LogP contribution in [0.25, 0.3) is 0 Å². The van der Waals surface area contributed by atoms with Crippen LogP contribution in [0.4, 0.5) is 4.79 Å². The van der Waals surface area contributed by atoms with Gasteiger partial charge in [0.05, 0.1) is 6.10 Å². The average molecular weight is 219 g/mol. The lowest BCUT2D eigenvalue weighted by Crippen LogP contribution is -2.47. The molecule has 5 heteroatoms. The van der Waals surface area contributed by atoms with Gasteiger partial charge < -0.3 is 20.3 Å². The minimum atomic E-state index is -1.30. The summed E-state index contributed by atoms with van der Waals surface area (Å²) in [5.41, 5.74) is 4.79. The Balaban J connectivity index is 4.73. The van der Waals surface area contributed by atoms with Crippen molar-refractivity contribution in [3.63, 3.8) is 0 Å². The number of hydrogen-bond acceptors (Lipinski definition) is 4. The molecule has 3 N–H and O–H groups in total. The number of methoxy groups -OCH3 is 1. The van der Waals surface area contributed by atoms with Gasteiger partial charge in [-0.3, -0.25) is 0 Å². The van der Waals surface area contributed by atoms with Crippen molar-refractivity contribution >= 4 is 6.16 Å². The first-order valence-corrected chi connectivity index (χ1v) is 5.06. The molecule has 0 aliphatic carbocycles. The fourth-order valence-corrected chi connectivity index (χ4v) is 1.93. The second-order valence-electron chi connectivity index (χ2n) is 3.99. The molecule has 0 aromatic heterocycles. The average Bonchev–Trinajstić information content (AvgIpc) is 2.01. The van der Waals surface area contributed by atoms with Gasteiger partial charge in [-0.05, 0) is 20.3 Å². The Morgan fingerprint density at radius 2 is 2.13 bits per heavy atom. The van der Waals surface area contributed by atoms with Crippen molar-refractivity contribution in [3.8, 4) is 0 Å². The molecule has 0 heterocycles. The van der Waals surface area contributed by atoms with Gasteiger partial charge in [0.2, 0.25) is 0 Å². The third-order valence-corrected chi connectivity index (χ3v) is 2.38. The van der Waals surface area contributed by atoms with Crippen molar-refractivity contribution in [2.24, 2.45) is 5.73 Å². The second-order valence-corrected chi connectivity index (χ2v) is 3.99. The summed E-state index contributed by atoms with van der Waals surface area (Å²) in [5.74, 6) is 0. The van der Waals surface area contributed by atoms with E-state index in [9.17, 15) is 4.79 Å². The van der Waals surface area contributed by atoms with E-state index in [-0.39, 0.29) is 12.1 Å². The lowest BCUT2D eigenvalue weighted by molar-refractivity contribution is -0.107. The molecule has 0 aromatic carbocycles. The zero-order valence-corrected chi connectivity index (χ0v) is 9.82. The highest BCUT2D eigenvalue weighted by Crippen LogP contribution is 2.26. The van der Waals surface area contributed by atoms with Crippen LogP contribution in [0.3, 0.4) is 0 Å². The van der Waals surface area contributed by atoms with Crippen LogP contribution >= 0.6 is 0 Å². The Bertz CT molecular complexity index is 204. The fraction of sp³-hybridized carbons (Fsp3) is 0.900. The van der Waals surface area contributed by atoms with Gasteiger partial charge in [-0.25, -0.2) is 4.79 Å². The van der Waals surface area contributed by atoms with Crippen molar-refractivity contribution in [2.75, 3.05) is 7.11 Å². The first-order valence-electron chi connectivity index (χ1n) is 5.06. The van der Waals surface area contributed by atoms with Gasteiger partial charge in [0.15, 0.2) is 0 Å².